The highest BCUT2D eigenvalue weighted by molar-refractivity contribution is 9.10. The van der Waals surface area contributed by atoms with Crippen molar-refractivity contribution in [2.24, 2.45) is 0 Å². The molecular formula is C17H14BrClN2O3. The number of pyridine rings is 1. The molecule has 0 fully saturated rings. The molecule has 0 aliphatic carbocycles. The molecule has 0 saturated heterocycles. The first-order valence-electron chi connectivity index (χ1n) is 7.07. The molecule has 2 aromatic rings. The minimum atomic E-state index is -0.732. The fraction of sp³-hybridized carbons (Fsp3) is 0.118. The van der Waals surface area contributed by atoms with E-state index in [-0.39, 0.29) is 22.9 Å². The van der Waals surface area contributed by atoms with E-state index in [0.29, 0.717) is 5.69 Å². The summed E-state index contributed by atoms with van der Waals surface area (Å²) in [6, 6.07) is 10.4. The van der Waals surface area contributed by atoms with Crippen molar-refractivity contribution in [1.29, 1.82) is 0 Å². The molecule has 0 aliphatic heterocycles. The third-order valence-electron chi connectivity index (χ3n) is 2.95. The minimum Gasteiger partial charge on any atom is -0.462 e. The number of rotatable bonds is 6. The zero-order chi connectivity index (χ0) is 17.5. The van der Waals surface area contributed by atoms with Gasteiger partial charge in [0.15, 0.2) is 0 Å². The lowest BCUT2D eigenvalue weighted by atomic mass is 10.1. The third kappa shape index (κ3) is 4.66. The van der Waals surface area contributed by atoms with Crippen LogP contribution in [0.4, 0.5) is 5.69 Å². The smallest absolute Gasteiger partial charge is 0.343 e. The van der Waals surface area contributed by atoms with Gasteiger partial charge in [0.2, 0.25) is 5.78 Å². The van der Waals surface area contributed by atoms with Gasteiger partial charge in [0.1, 0.15) is 10.7 Å². The fourth-order valence-electron chi connectivity index (χ4n) is 1.86. The first-order chi connectivity index (χ1) is 11.5. The summed E-state index contributed by atoms with van der Waals surface area (Å²) in [5.74, 6) is -1.29. The predicted octanol–water partition coefficient (Wildman–Crippen LogP) is 4.24. The normalized spacial score (nSPS) is 11.0. The second-order valence-corrected chi connectivity index (χ2v) is 5.88. The molecule has 2 rings (SSSR count). The van der Waals surface area contributed by atoms with Gasteiger partial charge in [-0.05, 0) is 37.3 Å². The van der Waals surface area contributed by atoms with E-state index in [0.717, 1.165) is 4.47 Å². The monoisotopic (exact) mass is 408 g/mol. The van der Waals surface area contributed by atoms with E-state index in [1.165, 1.54) is 18.5 Å². The number of carbonyl (C=O) groups is 2. The molecule has 0 radical (unpaired) electrons. The average molecular weight is 410 g/mol. The van der Waals surface area contributed by atoms with Crippen LogP contribution in [0.5, 0.6) is 0 Å². The van der Waals surface area contributed by atoms with Crippen LogP contribution in [0.25, 0.3) is 0 Å². The first-order valence-corrected chi connectivity index (χ1v) is 8.24. The van der Waals surface area contributed by atoms with Crippen LogP contribution >= 0.6 is 27.5 Å². The van der Waals surface area contributed by atoms with Crippen LogP contribution < -0.4 is 5.32 Å². The van der Waals surface area contributed by atoms with E-state index in [2.05, 4.69) is 26.2 Å². The Labute approximate surface area is 152 Å². The van der Waals surface area contributed by atoms with E-state index in [1.54, 1.807) is 25.1 Å². The maximum absolute atomic E-state index is 12.6. The Kier molecular flexibility index (Phi) is 6.52. The summed E-state index contributed by atoms with van der Waals surface area (Å²) in [6.07, 6.45) is 2.78. The molecular weight excluding hydrogens is 396 g/mol. The third-order valence-corrected chi connectivity index (χ3v) is 3.75. The molecule has 0 unspecified atom stereocenters. The number of nitrogens with zero attached hydrogens (tertiary/aromatic N) is 1. The van der Waals surface area contributed by atoms with Crippen molar-refractivity contribution in [2.45, 2.75) is 6.92 Å². The number of ketones is 1. The second kappa shape index (κ2) is 8.61. The Morgan fingerprint density at radius 2 is 2.12 bits per heavy atom. The molecule has 1 heterocycles. The Morgan fingerprint density at radius 3 is 2.79 bits per heavy atom. The number of carbonyl (C=O) groups excluding carboxylic acids is 2. The summed E-state index contributed by atoms with van der Waals surface area (Å²) >= 11 is 9.30. The zero-order valence-electron chi connectivity index (χ0n) is 12.8. The average Bonchev–Trinajstić information content (AvgIpc) is 2.55. The molecule has 0 atom stereocenters. The fourth-order valence-corrected chi connectivity index (χ4v) is 2.46. The summed E-state index contributed by atoms with van der Waals surface area (Å²) < 4.78 is 5.82. The van der Waals surface area contributed by atoms with Gasteiger partial charge in [0.25, 0.3) is 0 Å². The summed E-state index contributed by atoms with van der Waals surface area (Å²) in [5, 5.41) is 2.95. The second-order valence-electron chi connectivity index (χ2n) is 4.60. The number of hydrogen-bond donors (Lipinski definition) is 1. The Balaban J connectivity index is 2.34. The molecule has 0 spiro atoms. The number of anilines is 1. The summed E-state index contributed by atoms with van der Waals surface area (Å²) in [4.78, 5) is 28.6. The van der Waals surface area contributed by atoms with Crippen LogP contribution in [0.15, 0.2) is 58.8 Å². The van der Waals surface area contributed by atoms with Crippen molar-refractivity contribution >= 4 is 45.0 Å². The topological polar surface area (TPSA) is 68.3 Å². The van der Waals surface area contributed by atoms with Crippen LogP contribution in [-0.4, -0.2) is 23.3 Å². The van der Waals surface area contributed by atoms with Gasteiger partial charge in [-0.3, -0.25) is 4.79 Å². The van der Waals surface area contributed by atoms with E-state index in [4.69, 9.17) is 16.3 Å². The molecule has 0 amide bonds. The standard InChI is InChI=1S/C17H14BrClN2O3/c1-2-24-17(23)14(10-21-12-6-3-5-11(18)9-12)15(22)13-7-4-8-20-16(13)19/h3-10,21H,2H2,1H3/b14-10+. The van der Waals surface area contributed by atoms with E-state index in [1.807, 2.05) is 12.1 Å². The van der Waals surface area contributed by atoms with Gasteiger partial charge in [-0.15, -0.1) is 0 Å². The molecule has 7 heteroatoms. The van der Waals surface area contributed by atoms with Gasteiger partial charge in [0, 0.05) is 22.6 Å². The summed E-state index contributed by atoms with van der Waals surface area (Å²) in [7, 11) is 0. The number of halogens is 2. The molecule has 0 bridgehead atoms. The number of ether oxygens (including phenoxy) is 1. The molecule has 1 aromatic carbocycles. The van der Waals surface area contributed by atoms with Crippen LogP contribution in [-0.2, 0) is 9.53 Å². The van der Waals surface area contributed by atoms with Gasteiger partial charge in [-0.1, -0.05) is 33.6 Å². The van der Waals surface area contributed by atoms with Crippen molar-refractivity contribution in [1.82, 2.24) is 4.98 Å². The van der Waals surface area contributed by atoms with Crippen molar-refractivity contribution in [3.8, 4) is 0 Å². The maximum atomic E-state index is 12.6. The van der Waals surface area contributed by atoms with E-state index < -0.39 is 11.8 Å². The number of nitrogens with one attached hydrogen (secondary N) is 1. The molecule has 0 saturated carbocycles. The van der Waals surface area contributed by atoms with Crippen LogP contribution in [0.1, 0.15) is 17.3 Å². The SMILES string of the molecule is CCOC(=O)/C(=C/Nc1cccc(Br)c1)C(=O)c1cccnc1Cl. The number of hydrogen-bond acceptors (Lipinski definition) is 5. The highest BCUT2D eigenvalue weighted by Crippen LogP contribution is 2.19. The molecule has 5 nitrogen and oxygen atoms in total. The highest BCUT2D eigenvalue weighted by atomic mass is 79.9. The number of benzene rings is 1. The lowest BCUT2D eigenvalue weighted by molar-refractivity contribution is -0.138. The van der Waals surface area contributed by atoms with Crippen LogP contribution in [0.2, 0.25) is 5.15 Å². The van der Waals surface area contributed by atoms with Crippen molar-refractivity contribution in [2.75, 3.05) is 11.9 Å². The largest absolute Gasteiger partial charge is 0.462 e. The number of Topliss-reactive ketones (excluding diaryl/α,β-unsaturated/α-hetero) is 1. The van der Waals surface area contributed by atoms with Crippen LogP contribution in [0.3, 0.4) is 0 Å². The predicted molar refractivity (Wildman–Crippen MR) is 96.1 cm³/mol. The van der Waals surface area contributed by atoms with Crippen molar-refractivity contribution in [3.63, 3.8) is 0 Å². The Bertz CT molecular complexity index is 793. The van der Waals surface area contributed by atoms with Crippen molar-refractivity contribution < 1.29 is 14.3 Å². The molecule has 1 aromatic heterocycles. The minimum absolute atomic E-state index is 0.0279. The Morgan fingerprint density at radius 1 is 1.33 bits per heavy atom. The highest BCUT2D eigenvalue weighted by Gasteiger charge is 2.23. The lowest BCUT2D eigenvalue weighted by Gasteiger charge is -2.08. The quantitative estimate of drug-likeness (QED) is 0.193. The zero-order valence-corrected chi connectivity index (χ0v) is 15.1. The molecule has 124 valence electrons. The number of esters is 1. The van der Waals surface area contributed by atoms with Gasteiger partial charge in [-0.2, -0.15) is 0 Å². The van der Waals surface area contributed by atoms with Gasteiger partial charge >= 0.3 is 5.97 Å². The van der Waals surface area contributed by atoms with Crippen molar-refractivity contribution in [3.05, 3.63) is 69.6 Å². The maximum Gasteiger partial charge on any atom is 0.343 e. The molecule has 24 heavy (non-hydrogen) atoms. The summed E-state index contributed by atoms with van der Waals surface area (Å²) in [5.41, 5.74) is 0.678. The molecule has 0 aliphatic rings. The first kappa shape index (κ1) is 18.2. The molecule has 1 N–H and O–H groups in total. The Hall–Kier alpha value is -2.18. The van der Waals surface area contributed by atoms with Crippen LogP contribution in [0, 0.1) is 0 Å². The van der Waals surface area contributed by atoms with Gasteiger partial charge in [-0.25, -0.2) is 9.78 Å². The lowest BCUT2D eigenvalue weighted by Crippen LogP contribution is -2.18. The van der Waals surface area contributed by atoms with Gasteiger partial charge in [0.05, 0.1) is 12.2 Å². The number of aromatic nitrogens is 1. The van der Waals surface area contributed by atoms with E-state index >= 15 is 0 Å². The van der Waals surface area contributed by atoms with E-state index in [9.17, 15) is 9.59 Å². The van der Waals surface area contributed by atoms with Gasteiger partial charge < -0.3 is 10.1 Å². The summed E-state index contributed by atoms with van der Waals surface area (Å²) in [6.45, 7) is 1.82.